The van der Waals surface area contributed by atoms with Crippen molar-refractivity contribution >= 4 is 5.91 Å². The zero-order chi connectivity index (χ0) is 17.2. The third kappa shape index (κ3) is 3.04. The van der Waals surface area contributed by atoms with E-state index in [1.807, 2.05) is 0 Å². The van der Waals surface area contributed by atoms with Crippen molar-refractivity contribution in [2.45, 2.75) is 37.8 Å². The van der Waals surface area contributed by atoms with E-state index in [1.54, 1.807) is 18.2 Å². The first-order chi connectivity index (χ1) is 11.5. The summed E-state index contributed by atoms with van der Waals surface area (Å²) in [5, 5.41) is 12.0. The van der Waals surface area contributed by atoms with E-state index in [2.05, 4.69) is 5.32 Å². The molecule has 0 atom stereocenters. The van der Waals surface area contributed by atoms with E-state index >= 15 is 0 Å². The number of aliphatic hydroxyl groups is 1. The van der Waals surface area contributed by atoms with Crippen molar-refractivity contribution in [3.63, 3.8) is 0 Å². The second-order valence-electron chi connectivity index (χ2n) is 6.21. The molecule has 24 heavy (non-hydrogen) atoms. The Labute approximate surface area is 139 Å². The molecule has 0 saturated heterocycles. The van der Waals surface area contributed by atoms with Crippen LogP contribution in [0.4, 0.5) is 8.78 Å². The van der Waals surface area contributed by atoms with Gasteiger partial charge in [-0.05, 0) is 48.2 Å². The van der Waals surface area contributed by atoms with Gasteiger partial charge in [0, 0.05) is 12.1 Å². The second-order valence-corrected chi connectivity index (χ2v) is 6.21. The average molecular weight is 331 g/mol. The Morgan fingerprint density at radius 1 is 1.17 bits per heavy atom. The molecule has 2 aromatic carbocycles. The van der Waals surface area contributed by atoms with E-state index < -0.39 is 11.2 Å². The number of carbonyl (C=O) groups excluding carboxylic acids is 1. The molecule has 3 nitrogen and oxygen atoms in total. The molecular formula is C19H19F2NO2. The second kappa shape index (κ2) is 6.69. The first-order valence-corrected chi connectivity index (χ1v) is 7.98. The molecule has 2 aromatic rings. The lowest BCUT2D eigenvalue weighted by Crippen LogP contribution is -2.49. The van der Waals surface area contributed by atoms with Gasteiger partial charge in [0.2, 0.25) is 5.91 Å². The van der Waals surface area contributed by atoms with E-state index in [0.717, 1.165) is 6.42 Å². The Morgan fingerprint density at radius 2 is 1.96 bits per heavy atom. The molecule has 1 aliphatic carbocycles. The highest BCUT2D eigenvalue weighted by Gasteiger charge is 2.45. The van der Waals surface area contributed by atoms with Gasteiger partial charge in [-0.1, -0.05) is 24.6 Å². The largest absolute Gasteiger partial charge is 0.392 e. The van der Waals surface area contributed by atoms with Crippen molar-refractivity contribution in [3.05, 3.63) is 70.8 Å². The molecule has 0 radical (unpaired) electrons. The van der Waals surface area contributed by atoms with Crippen LogP contribution in [0.5, 0.6) is 0 Å². The smallest absolute Gasteiger partial charge is 0.230 e. The molecule has 1 aliphatic rings. The van der Waals surface area contributed by atoms with Crippen molar-refractivity contribution < 1.29 is 18.7 Å². The van der Waals surface area contributed by atoms with Gasteiger partial charge in [0.25, 0.3) is 0 Å². The quantitative estimate of drug-likeness (QED) is 0.884. The van der Waals surface area contributed by atoms with Gasteiger partial charge >= 0.3 is 0 Å². The van der Waals surface area contributed by atoms with Crippen LogP contribution < -0.4 is 5.32 Å². The number of hydrogen-bond acceptors (Lipinski definition) is 2. The molecule has 1 fully saturated rings. The molecule has 1 amide bonds. The fourth-order valence-electron chi connectivity index (χ4n) is 3.17. The highest BCUT2D eigenvalue weighted by Crippen LogP contribution is 2.44. The van der Waals surface area contributed by atoms with Crippen LogP contribution in [0.25, 0.3) is 0 Å². The van der Waals surface area contributed by atoms with Gasteiger partial charge in [-0.3, -0.25) is 4.79 Å². The molecule has 0 spiro atoms. The van der Waals surface area contributed by atoms with Crippen LogP contribution in [-0.2, 0) is 23.4 Å². The number of benzene rings is 2. The molecule has 0 unspecified atom stereocenters. The first kappa shape index (κ1) is 16.6. The normalized spacial score (nSPS) is 15.6. The maximum atomic E-state index is 13.5. The van der Waals surface area contributed by atoms with Crippen LogP contribution >= 0.6 is 0 Å². The number of hydrogen-bond donors (Lipinski definition) is 2. The molecule has 0 bridgehead atoms. The van der Waals surface area contributed by atoms with Crippen molar-refractivity contribution in [1.29, 1.82) is 0 Å². The van der Waals surface area contributed by atoms with E-state index in [0.29, 0.717) is 24.0 Å². The highest BCUT2D eigenvalue weighted by atomic mass is 19.1. The van der Waals surface area contributed by atoms with Crippen molar-refractivity contribution in [1.82, 2.24) is 5.32 Å². The molecule has 0 aliphatic heterocycles. The Balaban J connectivity index is 1.74. The van der Waals surface area contributed by atoms with Crippen molar-refractivity contribution in [3.8, 4) is 0 Å². The van der Waals surface area contributed by atoms with E-state index in [9.17, 15) is 13.6 Å². The predicted molar refractivity (Wildman–Crippen MR) is 86.1 cm³/mol. The van der Waals surface area contributed by atoms with Gasteiger partial charge in [0.1, 0.15) is 11.6 Å². The van der Waals surface area contributed by atoms with Gasteiger partial charge in [-0.2, -0.15) is 0 Å². The molecule has 3 rings (SSSR count). The summed E-state index contributed by atoms with van der Waals surface area (Å²) >= 11 is 0. The third-order valence-corrected chi connectivity index (χ3v) is 4.75. The van der Waals surface area contributed by atoms with Gasteiger partial charge in [-0.15, -0.1) is 0 Å². The maximum Gasteiger partial charge on any atom is 0.230 e. The monoisotopic (exact) mass is 331 g/mol. The summed E-state index contributed by atoms with van der Waals surface area (Å²) in [6.45, 7) is -0.149. The van der Waals surface area contributed by atoms with Crippen LogP contribution in [0, 0.1) is 11.6 Å². The lowest BCUT2D eigenvalue weighted by molar-refractivity contribution is -0.130. The number of amides is 1. The van der Waals surface area contributed by atoms with Crippen LogP contribution in [0.3, 0.4) is 0 Å². The highest BCUT2D eigenvalue weighted by molar-refractivity contribution is 5.89. The number of aliphatic hydroxyl groups excluding tert-OH is 1. The van der Waals surface area contributed by atoms with Crippen LogP contribution in [0.1, 0.15) is 36.0 Å². The average Bonchev–Trinajstić information content (AvgIpc) is 2.53. The van der Waals surface area contributed by atoms with Crippen LogP contribution in [0.2, 0.25) is 0 Å². The van der Waals surface area contributed by atoms with Gasteiger partial charge in [-0.25, -0.2) is 8.78 Å². The molecule has 2 N–H and O–H groups in total. The number of halogens is 2. The number of carbonyl (C=O) groups is 1. The zero-order valence-corrected chi connectivity index (χ0v) is 13.2. The van der Waals surface area contributed by atoms with E-state index in [4.69, 9.17) is 5.11 Å². The molecule has 1 saturated carbocycles. The summed E-state index contributed by atoms with van der Waals surface area (Å²) < 4.78 is 26.9. The lowest BCUT2D eigenvalue weighted by atomic mass is 9.64. The van der Waals surface area contributed by atoms with Crippen molar-refractivity contribution in [2.75, 3.05) is 0 Å². The Kier molecular flexibility index (Phi) is 4.62. The number of nitrogens with one attached hydrogen (secondary N) is 1. The minimum Gasteiger partial charge on any atom is -0.392 e. The van der Waals surface area contributed by atoms with Gasteiger partial charge in [0.15, 0.2) is 0 Å². The topological polar surface area (TPSA) is 49.3 Å². The summed E-state index contributed by atoms with van der Waals surface area (Å²) in [5.41, 5.74) is 0.927. The summed E-state index contributed by atoms with van der Waals surface area (Å²) in [7, 11) is 0. The summed E-state index contributed by atoms with van der Waals surface area (Å²) in [6, 6.07) is 10.6. The minimum atomic E-state index is -0.679. The van der Waals surface area contributed by atoms with Gasteiger partial charge < -0.3 is 10.4 Å². The van der Waals surface area contributed by atoms with Crippen LogP contribution in [-0.4, -0.2) is 11.0 Å². The van der Waals surface area contributed by atoms with Crippen molar-refractivity contribution in [2.24, 2.45) is 0 Å². The van der Waals surface area contributed by atoms with Crippen LogP contribution in [0.15, 0.2) is 42.5 Å². The Bertz CT molecular complexity index is 757. The SMILES string of the molecule is O=C(NCc1ccc(F)c(CO)c1)C1(c2cccc(F)c2)CCC1. The molecular weight excluding hydrogens is 312 g/mol. The standard InChI is InChI=1S/C19H19F2NO2/c20-16-4-1-3-15(10-16)19(7-2-8-19)18(24)22-11-13-5-6-17(21)14(9-13)12-23/h1,3-6,9-10,23H,2,7-8,11-12H2,(H,22,24). The molecule has 0 heterocycles. The lowest BCUT2D eigenvalue weighted by Gasteiger charge is -2.40. The molecule has 5 heteroatoms. The van der Waals surface area contributed by atoms with E-state index in [-0.39, 0.29) is 30.4 Å². The number of rotatable bonds is 5. The fourth-order valence-corrected chi connectivity index (χ4v) is 3.17. The summed E-state index contributed by atoms with van der Waals surface area (Å²) in [6.07, 6.45) is 2.30. The first-order valence-electron chi connectivity index (χ1n) is 7.98. The minimum absolute atomic E-state index is 0.144. The summed E-state index contributed by atoms with van der Waals surface area (Å²) in [5.74, 6) is -0.963. The predicted octanol–water partition coefficient (Wildman–Crippen LogP) is 3.20. The Morgan fingerprint density at radius 3 is 2.58 bits per heavy atom. The maximum absolute atomic E-state index is 13.5. The van der Waals surface area contributed by atoms with E-state index in [1.165, 1.54) is 24.3 Å². The summed E-state index contributed by atoms with van der Waals surface area (Å²) in [4.78, 5) is 12.7. The molecule has 0 aromatic heterocycles. The molecule has 126 valence electrons. The third-order valence-electron chi connectivity index (χ3n) is 4.75. The fraction of sp³-hybridized carbons (Fsp3) is 0.316. The Hall–Kier alpha value is -2.27. The zero-order valence-electron chi connectivity index (χ0n) is 13.2. The van der Waals surface area contributed by atoms with Gasteiger partial charge in [0.05, 0.1) is 12.0 Å².